The Morgan fingerprint density at radius 2 is 1.92 bits per heavy atom. The summed E-state index contributed by atoms with van der Waals surface area (Å²) in [6, 6.07) is 2.47. The molecule has 2 aliphatic heterocycles. The van der Waals surface area contributed by atoms with Crippen molar-refractivity contribution in [3.05, 3.63) is 27.8 Å². The highest BCUT2D eigenvalue weighted by atomic mass is 16.6. The summed E-state index contributed by atoms with van der Waals surface area (Å²) in [6.07, 6.45) is 0.298. The number of carboxylic acids is 1. The van der Waals surface area contributed by atoms with Gasteiger partial charge >= 0.3 is 5.97 Å². The normalized spacial score (nSPS) is 22.3. The van der Waals surface area contributed by atoms with E-state index < -0.39 is 22.2 Å². The van der Waals surface area contributed by atoms with Crippen molar-refractivity contribution in [2.75, 3.05) is 26.3 Å². The maximum atomic E-state index is 12.7. The smallest absolute Gasteiger partial charge is 0.311 e. The highest BCUT2D eigenvalue weighted by Gasteiger charge is 2.43. The molecule has 2 heterocycles. The zero-order valence-electron chi connectivity index (χ0n) is 13.0. The third-order valence-electron chi connectivity index (χ3n) is 4.36. The first-order chi connectivity index (χ1) is 11.3. The number of nitro groups is 1. The topological polar surface area (TPSA) is 119 Å². The van der Waals surface area contributed by atoms with Gasteiger partial charge in [0.1, 0.15) is 18.8 Å². The Hall–Kier alpha value is -2.84. The Bertz CT molecular complexity index is 733. The lowest BCUT2D eigenvalue weighted by atomic mass is 9.90. The van der Waals surface area contributed by atoms with E-state index in [-0.39, 0.29) is 42.4 Å². The van der Waals surface area contributed by atoms with Crippen LogP contribution >= 0.6 is 0 Å². The Labute approximate surface area is 136 Å². The zero-order chi connectivity index (χ0) is 17.5. The molecule has 1 atom stereocenters. The summed E-state index contributed by atoms with van der Waals surface area (Å²) in [7, 11) is 0. The minimum absolute atomic E-state index is 0.00671. The number of amides is 1. The van der Waals surface area contributed by atoms with Gasteiger partial charge in [0, 0.05) is 19.2 Å². The number of carbonyl (C=O) groups excluding carboxylic acids is 1. The van der Waals surface area contributed by atoms with Crippen molar-refractivity contribution in [3.63, 3.8) is 0 Å². The molecule has 128 valence electrons. The lowest BCUT2D eigenvalue weighted by Crippen LogP contribution is -2.35. The van der Waals surface area contributed by atoms with Crippen molar-refractivity contribution >= 4 is 17.6 Å². The Morgan fingerprint density at radius 1 is 1.29 bits per heavy atom. The van der Waals surface area contributed by atoms with Crippen LogP contribution in [0.3, 0.4) is 0 Å². The number of fused-ring (bicyclic) bond motifs is 1. The van der Waals surface area contributed by atoms with Crippen LogP contribution in [0.2, 0.25) is 0 Å². The van der Waals surface area contributed by atoms with E-state index >= 15 is 0 Å². The van der Waals surface area contributed by atoms with E-state index in [0.717, 1.165) is 0 Å². The summed E-state index contributed by atoms with van der Waals surface area (Å²) in [5.41, 5.74) is -1.55. The summed E-state index contributed by atoms with van der Waals surface area (Å²) in [5.74, 6) is -1.07. The summed E-state index contributed by atoms with van der Waals surface area (Å²) in [6.45, 7) is 2.36. The number of ether oxygens (including phenoxy) is 2. The summed E-state index contributed by atoms with van der Waals surface area (Å²) < 4.78 is 10.7. The molecule has 0 saturated carbocycles. The van der Waals surface area contributed by atoms with Gasteiger partial charge in [0.05, 0.1) is 16.4 Å². The number of hydrogen-bond donors (Lipinski definition) is 1. The second kappa shape index (κ2) is 5.66. The lowest BCUT2D eigenvalue weighted by Gasteiger charge is -2.22. The summed E-state index contributed by atoms with van der Waals surface area (Å²) >= 11 is 0. The Kier molecular flexibility index (Phi) is 3.78. The SMILES string of the molecule is CC1(C(=O)O)CCN(C(=O)c2cc3c(cc2[N+](=O)[O-])OCCO3)C1. The van der Waals surface area contributed by atoms with Crippen LogP contribution in [0.15, 0.2) is 12.1 Å². The van der Waals surface area contributed by atoms with Crippen molar-refractivity contribution < 1.29 is 29.1 Å². The third-order valence-corrected chi connectivity index (χ3v) is 4.36. The molecule has 1 saturated heterocycles. The fraction of sp³-hybridized carbons (Fsp3) is 0.467. The van der Waals surface area contributed by atoms with Crippen LogP contribution in [-0.4, -0.2) is 53.1 Å². The molecule has 3 rings (SSSR count). The predicted molar refractivity (Wildman–Crippen MR) is 80.3 cm³/mol. The van der Waals surface area contributed by atoms with E-state index in [1.165, 1.54) is 17.0 Å². The molecule has 0 radical (unpaired) electrons. The van der Waals surface area contributed by atoms with Crippen LogP contribution < -0.4 is 9.47 Å². The minimum atomic E-state index is -1.04. The second-order valence-corrected chi connectivity index (χ2v) is 6.11. The van der Waals surface area contributed by atoms with E-state index in [2.05, 4.69) is 0 Å². The van der Waals surface area contributed by atoms with E-state index in [1.807, 2.05) is 0 Å². The Morgan fingerprint density at radius 3 is 2.46 bits per heavy atom. The molecule has 24 heavy (non-hydrogen) atoms. The van der Waals surface area contributed by atoms with Gasteiger partial charge < -0.3 is 19.5 Å². The number of hydrogen-bond acceptors (Lipinski definition) is 6. The van der Waals surface area contributed by atoms with Gasteiger partial charge in [-0.05, 0) is 13.3 Å². The van der Waals surface area contributed by atoms with Gasteiger partial charge in [-0.2, -0.15) is 0 Å². The number of carbonyl (C=O) groups is 2. The molecule has 0 aromatic heterocycles. The zero-order valence-corrected chi connectivity index (χ0v) is 13.0. The third kappa shape index (κ3) is 2.61. The number of rotatable bonds is 3. The Balaban J connectivity index is 1.95. The van der Waals surface area contributed by atoms with Crippen LogP contribution in [0.4, 0.5) is 5.69 Å². The van der Waals surface area contributed by atoms with E-state index in [1.54, 1.807) is 6.92 Å². The van der Waals surface area contributed by atoms with Gasteiger partial charge in [-0.25, -0.2) is 0 Å². The van der Waals surface area contributed by atoms with Gasteiger partial charge in [0.2, 0.25) is 0 Å². The first-order valence-corrected chi connectivity index (χ1v) is 7.42. The number of likely N-dealkylation sites (tertiary alicyclic amines) is 1. The average molecular weight is 336 g/mol. The molecule has 1 fully saturated rings. The molecule has 2 aliphatic rings. The van der Waals surface area contributed by atoms with Crippen molar-refractivity contribution in [2.24, 2.45) is 5.41 Å². The fourth-order valence-electron chi connectivity index (χ4n) is 2.88. The molecular formula is C15H16N2O7. The van der Waals surface area contributed by atoms with Crippen LogP contribution in [0.25, 0.3) is 0 Å². The van der Waals surface area contributed by atoms with E-state index in [4.69, 9.17) is 9.47 Å². The predicted octanol–water partition coefficient (Wildman–Crippen LogP) is 1.30. The van der Waals surface area contributed by atoms with Gasteiger partial charge in [0.15, 0.2) is 11.5 Å². The van der Waals surface area contributed by atoms with Crippen molar-refractivity contribution in [1.29, 1.82) is 0 Å². The quantitative estimate of drug-likeness (QED) is 0.652. The monoisotopic (exact) mass is 336 g/mol. The second-order valence-electron chi connectivity index (χ2n) is 6.11. The highest BCUT2D eigenvalue weighted by Crippen LogP contribution is 2.38. The molecular weight excluding hydrogens is 320 g/mol. The maximum Gasteiger partial charge on any atom is 0.311 e. The number of aliphatic carboxylic acids is 1. The molecule has 1 amide bonds. The number of carboxylic acid groups (broad SMARTS) is 1. The van der Waals surface area contributed by atoms with E-state index in [0.29, 0.717) is 13.0 Å². The molecule has 1 aromatic rings. The van der Waals surface area contributed by atoms with Crippen LogP contribution in [0.1, 0.15) is 23.7 Å². The molecule has 9 nitrogen and oxygen atoms in total. The molecule has 1 unspecified atom stereocenters. The molecule has 0 bridgehead atoms. The van der Waals surface area contributed by atoms with Gasteiger partial charge in [-0.3, -0.25) is 19.7 Å². The van der Waals surface area contributed by atoms with Crippen molar-refractivity contribution in [1.82, 2.24) is 4.90 Å². The van der Waals surface area contributed by atoms with Crippen LogP contribution in [0, 0.1) is 15.5 Å². The average Bonchev–Trinajstić information content (AvgIpc) is 2.96. The maximum absolute atomic E-state index is 12.7. The fourth-order valence-corrected chi connectivity index (χ4v) is 2.88. The number of benzene rings is 1. The van der Waals surface area contributed by atoms with Crippen LogP contribution in [-0.2, 0) is 4.79 Å². The minimum Gasteiger partial charge on any atom is -0.486 e. The first kappa shape index (κ1) is 16.0. The summed E-state index contributed by atoms with van der Waals surface area (Å²) in [4.78, 5) is 36.0. The van der Waals surface area contributed by atoms with Crippen molar-refractivity contribution in [3.8, 4) is 11.5 Å². The van der Waals surface area contributed by atoms with Gasteiger partial charge in [-0.1, -0.05) is 0 Å². The van der Waals surface area contributed by atoms with Crippen molar-refractivity contribution in [2.45, 2.75) is 13.3 Å². The molecule has 1 aromatic carbocycles. The first-order valence-electron chi connectivity index (χ1n) is 7.42. The molecule has 9 heteroatoms. The summed E-state index contributed by atoms with van der Waals surface area (Å²) in [5, 5.41) is 20.6. The van der Waals surface area contributed by atoms with Gasteiger partial charge in [0.25, 0.3) is 11.6 Å². The standard InChI is InChI=1S/C15H16N2O7/c1-15(14(19)20)2-3-16(8-15)13(18)9-6-11-12(24-5-4-23-11)7-10(9)17(21)22/h6-7H,2-5,8H2,1H3,(H,19,20). The lowest BCUT2D eigenvalue weighted by molar-refractivity contribution is -0.385. The molecule has 1 N–H and O–H groups in total. The van der Waals surface area contributed by atoms with E-state index in [9.17, 15) is 24.8 Å². The number of nitro benzene ring substituents is 1. The van der Waals surface area contributed by atoms with Crippen LogP contribution in [0.5, 0.6) is 11.5 Å². The molecule has 0 spiro atoms. The largest absolute Gasteiger partial charge is 0.486 e. The van der Waals surface area contributed by atoms with Gasteiger partial charge in [-0.15, -0.1) is 0 Å². The number of nitrogens with zero attached hydrogens (tertiary/aromatic N) is 2. The molecule has 0 aliphatic carbocycles. The highest BCUT2D eigenvalue weighted by molar-refractivity contribution is 5.99.